The number of hydrogen-bond acceptors (Lipinski definition) is 4. The maximum absolute atomic E-state index is 12.0. The Labute approximate surface area is 165 Å². The van der Waals surface area contributed by atoms with Crippen LogP contribution in [0.25, 0.3) is 0 Å². The quantitative estimate of drug-likeness (QED) is 0.768. The first-order chi connectivity index (χ1) is 13.0. The van der Waals surface area contributed by atoms with E-state index in [2.05, 4.69) is 20.6 Å². The monoisotopic (exact) mass is 400 g/mol. The van der Waals surface area contributed by atoms with Crippen molar-refractivity contribution in [3.05, 3.63) is 57.6 Å². The maximum Gasteiger partial charge on any atom is 0.274 e. The van der Waals surface area contributed by atoms with E-state index in [0.29, 0.717) is 63.5 Å². The molecule has 0 radical (unpaired) electrons. The van der Waals surface area contributed by atoms with Gasteiger partial charge in [0.25, 0.3) is 11.8 Å². The van der Waals surface area contributed by atoms with Gasteiger partial charge in [-0.1, -0.05) is 23.2 Å². The first kappa shape index (κ1) is 17.7. The van der Waals surface area contributed by atoms with Crippen LogP contribution in [0.5, 0.6) is 0 Å². The Morgan fingerprint density at radius 1 is 0.741 bits per heavy atom. The van der Waals surface area contributed by atoms with E-state index in [9.17, 15) is 9.59 Å². The number of carbonyl (C=O) groups is 2. The number of carbonyl (C=O) groups excluding carboxylic acids is 2. The van der Waals surface area contributed by atoms with Crippen molar-refractivity contribution in [3.8, 4) is 0 Å². The van der Waals surface area contributed by atoms with Crippen molar-refractivity contribution in [1.82, 2.24) is 0 Å². The van der Waals surface area contributed by atoms with Crippen molar-refractivity contribution < 1.29 is 9.59 Å². The molecule has 8 heteroatoms. The standard InChI is InChI=1S/C19H14Cl2N4O2/c20-10-2-4-14-12(8-10)16(18(26)24-14)22-6-1-7-23-17-13-9-11(21)3-5-15(13)25-19(17)27/h2-5,8-9H,1,6-7H2,(H,22,24,26)(H,23,25,27). The van der Waals surface area contributed by atoms with E-state index in [1.807, 2.05) is 0 Å². The fourth-order valence-corrected chi connectivity index (χ4v) is 3.36. The van der Waals surface area contributed by atoms with Gasteiger partial charge in [0.15, 0.2) is 0 Å². The summed E-state index contributed by atoms with van der Waals surface area (Å²) in [5.41, 5.74) is 3.57. The second-order valence-corrected chi connectivity index (χ2v) is 6.98. The van der Waals surface area contributed by atoms with E-state index >= 15 is 0 Å². The fraction of sp³-hybridized carbons (Fsp3) is 0.158. The van der Waals surface area contributed by atoms with Crippen LogP contribution in [0.3, 0.4) is 0 Å². The number of anilines is 2. The van der Waals surface area contributed by atoms with Crippen LogP contribution in [-0.4, -0.2) is 36.3 Å². The van der Waals surface area contributed by atoms with E-state index < -0.39 is 0 Å². The SMILES string of the molecule is O=C1Nc2ccc(Cl)cc2C1=NCCCN=C1C(=O)Nc2ccc(Cl)cc21. The zero-order valence-electron chi connectivity index (χ0n) is 14.1. The van der Waals surface area contributed by atoms with Crippen molar-refractivity contribution in [2.24, 2.45) is 9.98 Å². The van der Waals surface area contributed by atoms with E-state index in [-0.39, 0.29) is 11.8 Å². The smallest absolute Gasteiger partial charge is 0.274 e. The lowest BCUT2D eigenvalue weighted by Gasteiger charge is -2.00. The molecule has 27 heavy (non-hydrogen) atoms. The van der Waals surface area contributed by atoms with Gasteiger partial charge in [-0.15, -0.1) is 0 Å². The lowest BCUT2D eigenvalue weighted by atomic mass is 10.1. The molecule has 4 rings (SSSR count). The van der Waals surface area contributed by atoms with Crippen molar-refractivity contribution in [1.29, 1.82) is 0 Å². The summed E-state index contributed by atoms with van der Waals surface area (Å²) in [5, 5.41) is 6.62. The van der Waals surface area contributed by atoms with Gasteiger partial charge >= 0.3 is 0 Å². The molecule has 0 saturated heterocycles. The van der Waals surface area contributed by atoms with Gasteiger partial charge in [-0.3, -0.25) is 19.6 Å². The number of hydrogen-bond donors (Lipinski definition) is 2. The summed E-state index contributed by atoms with van der Waals surface area (Å²) < 4.78 is 0. The maximum atomic E-state index is 12.0. The summed E-state index contributed by atoms with van der Waals surface area (Å²) in [4.78, 5) is 32.9. The molecule has 2 aliphatic heterocycles. The molecule has 0 fully saturated rings. The normalized spacial score (nSPS) is 17.9. The Morgan fingerprint density at radius 2 is 1.19 bits per heavy atom. The number of rotatable bonds is 4. The predicted octanol–water partition coefficient (Wildman–Crippen LogP) is 3.57. The van der Waals surface area contributed by atoms with Crippen molar-refractivity contribution in [3.63, 3.8) is 0 Å². The average Bonchev–Trinajstić information content (AvgIpc) is 3.11. The minimum atomic E-state index is -0.239. The largest absolute Gasteiger partial charge is 0.320 e. The van der Waals surface area contributed by atoms with E-state index in [1.54, 1.807) is 36.4 Å². The van der Waals surface area contributed by atoms with Crippen molar-refractivity contribution in [2.45, 2.75) is 6.42 Å². The Morgan fingerprint density at radius 3 is 1.63 bits per heavy atom. The van der Waals surface area contributed by atoms with Crippen LogP contribution < -0.4 is 10.6 Å². The Bertz CT molecular complexity index is 949. The second-order valence-electron chi connectivity index (χ2n) is 6.10. The molecule has 136 valence electrons. The van der Waals surface area contributed by atoms with Crippen LogP contribution in [0.2, 0.25) is 10.0 Å². The van der Waals surface area contributed by atoms with Crippen LogP contribution in [0.4, 0.5) is 11.4 Å². The highest BCUT2D eigenvalue weighted by molar-refractivity contribution is 6.54. The van der Waals surface area contributed by atoms with Gasteiger partial charge in [-0.2, -0.15) is 0 Å². The summed E-state index contributed by atoms with van der Waals surface area (Å²) in [7, 11) is 0. The second kappa shape index (κ2) is 7.13. The van der Waals surface area contributed by atoms with Crippen LogP contribution in [0.1, 0.15) is 17.5 Å². The number of benzene rings is 2. The van der Waals surface area contributed by atoms with Crippen LogP contribution in [0.15, 0.2) is 46.4 Å². The number of aliphatic imine (C=N–C) groups is 2. The zero-order valence-corrected chi connectivity index (χ0v) is 15.6. The molecule has 2 amide bonds. The van der Waals surface area contributed by atoms with Crippen LogP contribution >= 0.6 is 23.2 Å². The van der Waals surface area contributed by atoms with Gasteiger partial charge in [0.05, 0.1) is 11.4 Å². The highest BCUT2D eigenvalue weighted by Gasteiger charge is 2.26. The minimum absolute atomic E-state index is 0.239. The first-order valence-corrected chi connectivity index (χ1v) is 9.10. The summed E-state index contributed by atoms with van der Waals surface area (Å²) in [6.45, 7) is 0.824. The number of halogens is 2. The summed E-state index contributed by atoms with van der Waals surface area (Å²) in [6, 6.07) is 10.4. The molecule has 0 atom stereocenters. The van der Waals surface area contributed by atoms with Crippen molar-refractivity contribution in [2.75, 3.05) is 23.7 Å². The van der Waals surface area contributed by atoms with Crippen molar-refractivity contribution >= 4 is 57.8 Å². The van der Waals surface area contributed by atoms with E-state index in [4.69, 9.17) is 23.2 Å². The summed E-state index contributed by atoms with van der Waals surface area (Å²) in [6.07, 6.45) is 0.597. The molecule has 2 N–H and O–H groups in total. The van der Waals surface area contributed by atoms with Gasteiger partial charge in [-0.25, -0.2) is 0 Å². The summed E-state index contributed by atoms with van der Waals surface area (Å²) >= 11 is 12.0. The van der Waals surface area contributed by atoms with Crippen LogP contribution in [-0.2, 0) is 9.59 Å². The van der Waals surface area contributed by atoms with Gasteiger partial charge in [-0.05, 0) is 42.8 Å². The van der Waals surface area contributed by atoms with Gasteiger partial charge in [0.2, 0.25) is 0 Å². The number of nitrogens with zero attached hydrogens (tertiary/aromatic N) is 2. The number of fused-ring (bicyclic) bond motifs is 2. The van der Waals surface area contributed by atoms with E-state index in [1.165, 1.54) is 0 Å². The lowest BCUT2D eigenvalue weighted by molar-refractivity contribution is -0.110. The van der Waals surface area contributed by atoms with Crippen LogP contribution in [0, 0.1) is 0 Å². The highest BCUT2D eigenvalue weighted by Crippen LogP contribution is 2.27. The average molecular weight is 401 g/mol. The lowest BCUT2D eigenvalue weighted by Crippen LogP contribution is -2.16. The third-order valence-electron chi connectivity index (χ3n) is 4.26. The topological polar surface area (TPSA) is 82.9 Å². The fourth-order valence-electron chi connectivity index (χ4n) is 3.02. The Hall–Kier alpha value is -2.70. The molecule has 6 nitrogen and oxygen atoms in total. The molecule has 0 unspecified atom stereocenters. The zero-order chi connectivity index (χ0) is 19.0. The molecule has 2 aromatic rings. The first-order valence-electron chi connectivity index (χ1n) is 8.34. The molecule has 2 aromatic carbocycles. The molecule has 0 aromatic heterocycles. The van der Waals surface area contributed by atoms with Gasteiger partial charge in [0, 0.05) is 34.3 Å². The number of nitrogens with one attached hydrogen (secondary N) is 2. The molecule has 2 heterocycles. The summed E-state index contributed by atoms with van der Waals surface area (Å²) in [5.74, 6) is -0.477. The molecule has 0 bridgehead atoms. The Balaban J connectivity index is 1.43. The molecule has 0 aliphatic carbocycles. The molecule has 0 saturated carbocycles. The highest BCUT2D eigenvalue weighted by atomic mass is 35.5. The van der Waals surface area contributed by atoms with Gasteiger partial charge < -0.3 is 10.6 Å². The molecular formula is C19H14Cl2N4O2. The third kappa shape index (κ3) is 3.46. The predicted molar refractivity (Wildman–Crippen MR) is 108 cm³/mol. The molecule has 2 aliphatic rings. The molecular weight excluding hydrogens is 387 g/mol. The molecule has 0 spiro atoms. The number of amides is 2. The van der Waals surface area contributed by atoms with E-state index in [0.717, 1.165) is 0 Å². The Kier molecular flexibility index (Phi) is 4.68. The van der Waals surface area contributed by atoms with Gasteiger partial charge in [0.1, 0.15) is 11.4 Å². The third-order valence-corrected chi connectivity index (χ3v) is 4.73. The minimum Gasteiger partial charge on any atom is -0.320 e.